The Morgan fingerprint density at radius 3 is 2.80 bits per heavy atom. The molecule has 15 heavy (non-hydrogen) atoms. The number of nitrogens with one attached hydrogen (secondary N) is 1. The van der Waals surface area contributed by atoms with Crippen LogP contribution in [0.3, 0.4) is 0 Å². The molecule has 1 aromatic heterocycles. The number of hydrogen-bond acceptors (Lipinski definition) is 3. The fourth-order valence-electron chi connectivity index (χ4n) is 1.18. The van der Waals surface area contributed by atoms with Crippen molar-refractivity contribution in [1.82, 2.24) is 10.3 Å². The van der Waals surface area contributed by atoms with Crippen LogP contribution in [0.1, 0.15) is 30.1 Å². The summed E-state index contributed by atoms with van der Waals surface area (Å²) >= 11 is 0. The van der Waals surface area contributed by atoms with Gasteiger partial charge in [-0.3, -0.25) is 9.78 Å². The van der Waals surface area contributed by atoms with Crippen molar-refractivity contribution in [2.45, 2.75) is 25.8 Å². The third-order valence-electron chi connectivity index (χ3n) is 2.11. The number of carbonyl (C=O) groups is 1. The lowest BCUT2D eigenvalue weighted by molar-refractivity contribution is 0.0936. The maximum Gasteiger partial charge on any atom is 0.251 e. The molecule has 0 radical (unpaired) electrons. The van der Waals surface area contributed by atoms with Crippen LogP contribution in [0.5, 0.6) is 0 Å². The third-order valence-corrected chi connectivity index (χ3v) is 2.11. The zero-order valence-electron chi connectivity index (χ0n) is 8.60. The Labute approximate surface area is 88.9 Å². The van der Waals surface area contributed by atoms with Crippen molar-refractivity contribution in [3.05, 3.63) is 30.1 Å². The van der Waals surface area contributed by atoms with E-state index in [1.54, 1.807) is 24.5 Å². The minimum atomic E-state index is -0.153. The van der Waals surface area contributed by atoms with E-state index in [1.807, 2.05) is 13.0 Å². The maximum absolute atomic E-state index is 11.6. The molecule has 1 unspecified atom stereocenters. The van der Waals surface area contributed by atoms with E-state index >= 15 is 0 Å². The largest absolute Gasteiger partial charge is 0.348 e. The average molecular weight is 203 g/mol. The molecule has 4 heteroatoms. The van der Waals surface area contributed by atoms with Crippen LogP contribution < -0.4 is 5.32 Å². The summed E-state index contributed by atoms with van der Waals surface area (Å²) in [7, 11) is 0. The van der Waals surface area contributed by atoms with Gasteiger partial charge in [-0.05, 0) is 18.6 Å². The Balaban J connectivity index is 2.59. The van der Waals surface area contributed by atoms with E-state index in [4.69, 9.17) is 5.26 Å². The standard InChI is InChI=1S/C11H13N3O/c1-2-10(3-6-12)14-11(15)9-4-7-13-8-5-9/h4-5,7-8,10H,2-3H2,1H3,(H,14,15). The molecular formula is C11H13N3O. The van der Waals surface area contributed by atoms with E-state index < -0.39 is 0 Å². The zero-order chi connectivity index (χ0) is 11.1. The van der Waals surface area contributed by atoms with Crippen LogP contribution in [0, 0.1) is 11.3 Å². The average Bonchev–Trinajstić information content (AvgIpc) is 2.29. The van der Waals surface area contributed by atoms with Gasteiger partial charge in [0.2, 0.25) is 0 Å². The van der Waals surface area contributed by atoms with Gasteiger partial charge >= 0.3 is 0 Å². The summed E-state index contributed by atoms with van der Waals surface area (Å²) < 4.78 is 0. The normalized spacial score (nSPS) is 11.5. The van der Waals surface area contributed by atoms with E-state index in [1.165, 1.54) is 0 Å². The van der Waals surface area contributed by atoms with Crippen molar-refractivity contribution in [3.63, 3.8) is 0 Å². The molecule has 1 amide bonds. The second-order valence-corrected chi connectivity index (χ2v) is 3.18. The molecule has 1 N–H and O–H groups in total. The number of carbonyl (C=O) groups excluding carboxylic acids is 1. The van der Waals surface area contributed by atoms with E-state index in [9.17, 15) is 4.79 Å². The molecule has 1 heterocycles. The number of pyridine rings is 1. The highest BCUT2D eigenvalue weighted by atomic mass is 16.1. The van der Waals surface area contributed by atoms with Crippen molar-refractivity contribution >= 4 is 5.91 Å². The Morgan fingerprint density at radius 2 is 2.27 bits per heavy atom. The topological polar surface area (TPSA) is 65.8 Å². The van der Waals surface area contributed by atoms with Crippen molar-refractivity contribution in [2.75, 3.05) is 0 Å². The number of aromatic nitrogens is 1. The second-order valence-electron chi connectivity index (χ2n) is 3.18. The Morgan fingerprint density at radius 1 is 1.60 bits per heavy atom. The molecule has 1 atom stereocenters. The Hall–Kier alpha value is -1.89. The van der Waals surface area contributed by atoms with Gasteiger partial charge in [0.15, 0.2) is 0 Å². The molecule has 0 aliphatic carbocycles. The molecule has 0 aromatic carbocycles. The van der Waals surface area contributed by atoms with E-state index in [0.717, 1.165) is 6.42 Å². The highest BCUT2D eigenvalue weighted by molar-refractivity contribution is 5.94. The SMILES string of the molecule is CCC(CC#N)NC(=O)c1ccncc1. The van der Waals surface area contributed by atoms with Crippen LogP contribution in [-0.2, 0) is 0 Å². The highest BCUT2D eigenvalue weighted by Gasteiger charge is 2.10. The van der Waals surface area contributed by atoms with Crippen molar-refractivity contribution < 1.29 is 4.79 Å². The molecule has 0 fully saturated rings. The molecule has 1 aromatic rings. The monoisotopic (exact) mass is 203 g/mol. The Kier molecular flexibility index (Phi) is 4.30. The van der Waals surface area contributed by atoms with Gasteiger partial charge in [0.05, 0.1) is 12.5 Å². The van der Waals surface area contributed by atoms with Gasteiger partial charge < -0.3 is 5.32 Å². The van der Waals surface area contributed by atoms with E-state index in [-0.39, 0.29) is 11.9 Å². The molecule has 4 nitrogen and oxygen atoms in total. The maximum atomic E-state index is 11.6. The van der Waals surface area contributed by atoms with E-state index in [2.05, 4.69) is 10.3 Å². The number of hydrogen-bond donors (Lipinski definition) is 1. The molecule has 0 aliphatic rings. The summed E-state index contributed by atoms with van der Waals surface area (Å²) in [6.07, 6.45) is 4.23. The molecule has 78 valence electrons. The fraction of sp³-hybridized carbons (Fsp3) is 0.364. The first-order valence-electron chi connectivity index (χ1n) is 4.85. The summed E-state index contributed by atoms with van der Waals surface area (Å²) in [4.78, 5) is 15.5. The first-order valence-corrected chi connectivity index (χ1v) is 4.85. The molecule has 0 bridgehead atoms. The molecular weight excluding hydrogens is 190 g/mol. The van der Waals surface area contributed by atoms with Gasteiger partial charge in [-0.2, -0.15) is 5.26 Å². The molecule has 0 spiro atoms. The van der Waals surface area contributed by atoms with Gasteiger partial charge in [-0.15, -0.1) is 0 Å². The number of amides is 1. The molecule has 0 saturated carbocycles. The van der Waals surface area contributed by atoms with Crippen LogP contribution >= 0.6 is 0 Å². The molecule has 1 rings (SSSR count). The lowest BCUT2D eigenvalue weighted by Crippen LogP contribution is -2.34. The summed E-state index contributed by atoms with van der Waals surface area (Å²) in [5, 5.41) is 11.3. The van der Waals surface area contributed by atoms with Gasteiger partial charge in [-0.25, -0.2) is 0 Å². The lowest BCUT2D eigenvalue weighted by atomic mass is 10.1. The third kappa shape index (κ3) is 3.39. The van der Waals surface area contributed by atoms with Crippen LogP contribution in [0.2, 0.25) is 0 Å². The lowest BCUT2D eigenvalue weighted by Gasteiger charge is -2.13. The first kappa shape index (κ1) is 11.2. The number of nitriles is 1. The highest BCUT2D eigenvalue weighted by Crippen LogP contribution is 2.01. The Bertz CT molecular complexity index is 356. The number of nitrogens with zero attached hydrogens (tertiary/aromatic N) is 2. The van der Waals surface area contributed by atoms with Gasteiger partial charge in [-0.1, -0.05) is 6.92 Å². The van der Waals surface area contributed by atoms with Gasteiger partial charge in [0.1, 0.15) is 0 Å². The van der Waals surface area contributed by atoms with E-state index in [0.29, 0.717) is 12.0 Å². The predicted octanol–water partition coefficient (Wildman–Crippen LogP) is 1.50. The summed E-state index contributed by atoms with van der Waals surface area (Å²) in [6, 6.07) is 5.27. The van der Waals surface area contributed by atoms with Crippen LogP contribution in [0.4, 0.5) is 0 Å². The summed E-state index contributed by atoms with van der Waals surface area (Å²) in [5.74, 6) is -0.153. The zero-order valence-corrected chi connectivity index (χ0v) is 8.60. The fourth-order valence-corrected chi connectivity index (χ4v) is 1.18. The van der Waals surface area contributed by atoms with Crippen molar-refractivity contribution in [1.29, 1.82) is 5.26 Å². The van der Waals surface area contributed by atoms with Gasteiger partial charge in [0, 0.05) is 24.0 Å². The summed E-state index contributed by atoms with van der Waals surface area (Å²) in [6.45, 7) is 1.94. The van der Waals surface area contributed by atoms with Crippen LogP contribution in [0.25, 0.3) is 0 Å². The summed E-state index contributed by atoms with van der Waals surface area (Å²) in [5.41, 5.74) is 0.571. The molecule has 0 saturated heterocycles. The van der Waals surface area contributed by atoms with Gasteiger partial charge in [0.25, 0.3) is 5.91 Å². The minimum Gasteiger partial charge on any atom is -0.348 e. The quantitative estimate of drug-likeness (QED) is 0.806. The minimum absolute atomic E-state index is 0.0735. The predicted molar refractivity (Wildman–Crippen MR) is 56.0 cm³/mol. The smallest absolute Gasteiger partial charge is 0.251 e. The first-order chi connectivity index (χ1) is 7.27. The van der Waals surface area contributed by atoms with Crippen LogP contribution in [-0.4, -0.2) is 16.9 Å². The second kappa shape index (κ2) is 5.76. The number of rotatable bonds is 4. The molecule has 0 aliphatic heterocycles. The van der Waals surface area contributed by atoms with Crippen molar-refractivity contribution in [3.8, 4) is 6.07 Å². The van der Waals surface area contributed by atoms with Crippen LogP contribution in [0.15, 0.2) is 24.5 Å². The van der Waals surface area contributed by atoms with Crippen molar-refractivity contribution in [2.24, 2.45) is 0 Å².